The number of para-hydroxylation sites is 1. The molecule has 4 nitrogen and oxygen atoms in total. The number of benzene rings is 1. The number of halogens is 4. The van der Waals surface area contributed by atoms with Gasteiger partial charge in [0.05, 0.1) is 17.3 Å². The summed E-state index contributed by atoms with van der Waals surface area (Å²) >= 11 is 5.84. The molecule has 1 rings (SSSR count). The Bertz CT molecular complexity index is 583. The zero-order valence-electron chi connectivity index (χ0n) is 10.9. The summed E-state index contributed by atoms with van der Waals surface area (Å²) in [5.74, 6) is -1.02. The molecule has 0 aromatic heterocycles. The van der Waals surface area contributed by atoms with Crippen LogP contribution in [-0.2, 0) is 9.53 Å². The molecule has 114 valence electrons. The van der Waals surface area contributed by atoms with Gasteiger partial charge < -0.3 is 10.5 Å². The molecule has 1 aromatic rings. The SMILES string of the molecule is CCOC(=O)C(C=C(N)C(F)(F)F)=Nc1ccccc1Cl. The number of aliphatic imine (C=N–C) groups is 1. The summed E-state index contributed by atoms with van der Waals surface area (Å²) in [5.41, 5.74) is 2.98. The van der Waals surface area contributed by atoms with Gasteiger partial charge in [-0.2, -0.15) is 13.2 Å². The van der Waals surface area contributed by atoms with Gasteiger partial charge in [-0.05, 0) is 25.1 Å². The Kier molecular flexibility index (Phi) is 5.78. The molecule has 0 aliphatic rings. The minimum atomic E-state index is -4.77. The zero-order chi connectivity index (χ0) is 16.0. The lowest BCUT2D eigenvalue weighted by Gasteiger charge is -2.08. The van der Waals surface area contributed by atoms with Crippen LogP contribution in [0, 0.1) is 0 Å². The minimum absolute atomic E-state index is 0.0138. The van der Waals surface area contributed by atoms with Crippen LogP contribution in [0.15, 0.2) is 41.0 Å². The standard InChI is InChI=1S/C13H12ClF3N2O2/c1-2-21-12(20)10(7-11(18)13(15,16)17)19-9-6-4-3-5-8(9)14/h3-7H,2,18H2,1H3. The van der Waals surface area contributed by atoms with Crippen LogP contribution in [0.3, 0.4) is 0 Å². The smallest absolute Gasteiger partial charge is 0.430 e. The Morgan fingerprint density at radius 1 is 1.43 bits per heavy atom. The van der Waals surface area contributed by atoms with Crippen molar-refractivity contribution >= 4 is 29.0 Å². The van der Waals surface area contributed by atoms with Gasteiger partial charge >= 0.3 is 12.1 Å². The fourth-order valence-electron chi connectivity index (χ4n) is 1.24. The average Bonchev–Trinajstić information content (AvgIpc) is 2.39. The fraction of sp³-hybridized carbons (Fsp3) is 0.231. The van der Waals surface area contributed by atoms with Crippen LogP contribution in [0.25, 0.3) is 0 Å². The summed E-state index contributed by atoms with van der Waals surface area (Å²) in [6, 6.07) is 6.12. The van der Waals surface area contributed by atoms with Crippen LogP contribution >= 0.6 is 11.6 Å². The third kappa shape index (κ3) is 5.11. The molecular formula is C13H12ClF3N2O2. The normalized spacial score (nSPS) is 13.2. The molecule has 0 aliphatic carbocycles. The molecule has 0 saturated heterocycles. The van der Waals surface area contributed by atoms with Gasteiger partial charge in [0.25, 0.3) is 0 Å². The van der Waals surface area contributed by atoms with E-state index in [1.807, 2.05) is 0 Å². The molecule has 0 aliphatic heterocycles. The van der Waals surface area contributed by atoms with Gasteiger partial charge in [-0.1, -0.05) is 23.7 Å². The van der Waals surface area contributed by atoms with Crippen LogP contribution in [0.2, 0.25) is 5.02 Å². The Balaban J connectivity index is 3.27. The molecule has 0 saturated carbocycles. The molecule has 0 amide bonds. The van der Waals surface area contributed by atoms with E-state index >= 15 is 0 Å². The molecule has 0 radical (unpaired) electrons. The van der Waals surface area contributed by atoms with E-state index in [0.29, 0.717) is 6.08 Å². The van der Waals surface area contributed by atoms with E-state index in [-0.39, 0.29) is 17.3 Å². The number of hydrogen-bond donors (Lipinski definition) is 1. The fourth-order valence-corrected chi connectivity index (χ4v) is 1.42. The molecule has 0 atom stereocenters. The molecule has 0 spiro atoms. The van der Waals surface area contributed by atoms with Gasteiger partial charge in [-0.25, -0.2) is 9.79 Å². The van der Waals surface area contributed by atoms with Gasteiger partial charge in [0.15, 0.2) is 5.71 Å². The van der Waals surface area contributed by atoms with Gasteiger partial charge in [0, 0.05) is 0 Å². The summed E-state index contributed by atoms with van der Waals surface area (Å²) in [4.78, 5) is 15.4. The maximum atomic E-state index is 12.5. The first-order chi connectivity index (χ1) is 9.75. The van der Waals surface area contributed by atoms with E-state index in [2.05, 4.69) is 9.73 Å². The van der Waals surface area contributed by atoms with Crippen LogP contribution in [0.4, 0.5) is 18.9 Å². The second-order valence-electron chi connectivity index (χ2n) is 3.77. The summed E-state index contributed by atoms with van der Waals surface area (Å²) in [5, 5.41) is 0.179. The van der Waals surface area contributed by atoms with Crippen molar-refractivity contribution < 1.29 is 22.7 Å². The number of hydrogen-bond acceptors (Lipinski definition) is 4. The zero-order valence-corrected chi connectivity index (χ0v) is 11.7. The van der Waals surface area contributed by atoms with E-state index in [4.69, 9.17) is 17.3 Å². The summed E-state index contributed by atoms with van der Waals surface area (Å²) < 4.78 is 42.0. The molecule has 0 bridgehead atoms. The van der Waals surface area contributed by atoms with E-state index in [1.54, 1.807) is 12.1 Å². The Labute approximate surface area is 124 Å². The van der Waals surface area contributed by atoms with Crippen molar-refractivity contribution in [3.63, 3.8) is 0 Å². The third-order valence-electron chi connectivity index (χ3n) is 2.20. The quantitative estimate of drug-likeness (QED) is 0.683. The highest BCUT2D eigenvalue weighted by Gasteiger charge is 2.32. The molecule has 2 N–H and O–H groups in total. The predicted octanol–water partition coefficient (Wildman–Crippen LogP) is 3.38. The van der Waals surface area contributed by atoms with E-state index in [0.717, 1.165) is 0 Å². The Hall–Kier alpha value is -2.02. The van der Waals surface area contributed by atoms with E-state index in [1.165, 1.54) is 19.1 Å². The third-order valence-corrected chi connectivity index (χ3v) is 2.52. The lowest BCUT2D eigenvalue weighted by Crippen LogP contribution is -2.24. The summed E-state index contributed by atoms with van der Waals surface area (Å²) in [6.45, 7) is 1.50. The molecular weight excluding hydrogens is 309 g/mol. The molecule has 0 fully saturated rings. The highest BCUT2D eigenvalue weighted by Crippen LogP contribution is 2.25. The maximum absolute atomic E-state index is 12.5. The lowest BCUT2D eigenvalue weighted by atomic mass is 10.2. The monoisotopic (exact) mass is 320 g/mol. The minimum Gasteiger partial charge on any atom is -0.461 e. The molecule has 0 unspecified atom stereocenters. The number of nitrogens with two attached hydrogens (primary N) is 1. The van der Waals surface area contributed by atoms with Gasteiger partial charge in [-0.15, -0.1) is 0 Å². The number of carbonyl (C=O) groups excluding carboxylic acids is 1. The highest BCUT2D eigenvalue weighted by atomic mass is 35.5. The van der Waals surface area contributed by atoms with Crippen molar-refractivity contribution in [2.24, 2.45) is 10.7 Å². The second kappa shape index (κ2) is 7.12. The predicted molar refractivity (Wildman–Crippen MR) is 73.5 cm³/mol. The summed E-state index contributed by atoms with van der Waals surface area (Å²) in [6.07, 6.45) is -4.35. The van der Waals surface area contributed by atoms with Crippen LogP contribution < -0.4 is 5.73 Å². The number of carbonyl (C=O) groups is 1. The highest BCUT2D eigenvalue weighted by molar-refractivity contribution is 6.42. The first kappa shape index (κ1) is 17.0. The average molecular weight is 321 g/mol. The molecule has 21 heavy (non-hydrogen) atoms. The van der Waals surface area contributed by atoms with Gasteiger partial charge in [0.1, 0.15) is 5.70 Å². The molecule has 1 aromatic carbocycles. The second-order valence-corrected chi connectivity index (χ2v) is 4.17. The topological polar surface area (TPSA) is 64.7 Å². The van der Waals surface area contributed by atoms with Crippen LogP contribution in [-0.4, -0.2) is 24.5 Å². The largest absolute Gasteiger partial charge is 0.461 e. The molecule has 8 heteroatoms. The van der Waals surface area contributed by atoms with Crippen molar-refractivity contribution in [1.29, 1.82) is 0 Å². The van der Waals surface area contributed by atoms with E-state index in [9.17, 15) is 18.0 Å². The lowest BCUT2D eigenvalue weighted by molar-refractivity contribution is -0.134. The van der Waals surface area contributed by atoms with E-state index < -0.39 is 23.6 Å². The number of allylic oxidation sites excluding steroid dienone is 1. The number of alkyl halides is 3. The number of ether oxygens (including phenoxy) is 1. The first-order valence-corrected chi connectivity index (χ1v) is 6.18. The van der Waals surface area contributed by atoms with Crippen molar-refractivity contribution in [1.82, 2.24) is 0 Å². The Morgan fingerprint density at radius 2 is 2.05 bits per heavy atom. The number of rotatable bonds is 4. The number of esters is 1. The van der Waals surface area contributed by atoms with Gasteiger partial charge in [-0.3, -0.25) is 0 Å². The maximum Gasteiger partial charge on any atom is 0.430 e. The number of nitrogens with zero attached hydrogens (tertiary/aromatic N) is 1. The van der Waals surface area contributed by atoms with Crippen molar-refractivity contribution in [3.05, 3.63) is 41.1 Å². The van der Waals surface area contributed by atoms with Crippen LogP contribution in [0.5, 0.6) is 0 Å². The van der Waals surface area contributed by atoms with Crippen molar-refractivity contribution in [3.8, 4) is 0 Å². The van der Waals surface area contributed by atoms with Crippen molar-refractivity contribution in [2.75, 3.05) is 6.61 Å². The van der Waals surface area contributed by atoms with Crippen molar-refractivity contribution in [2.45, 2.75) is 13.1 Å². The molecule has 0 heterocycles. The van der Waals surface area contributed by atoms with Gasteiger partial charge in [0.2, 0.25) is 0 Å². The van der Waals surface area contributed by atoms with Crippen LogP contribution in [0.1, 0.15) is 6.92 Å². The Morgan fingerprint density at radius 3 is 2.57 bits per heavy atom. The first-order valence-electron chi connectivity index (χ1n) is 5.80. The summed E-state index contributed by atoms with van der Waals surface area (Å²) in [7, 11) is 0.